The number of rotatable bonds is 3. The number of aliphatic hydroxyl groups is 1. The van der Waals surface area contributed by atoms with Crippen LogP contribution in [0.25, 0.3) is 22.4 Å². The first-order valence-corrected chi connectivity index (χ1v) is 7.25. The molecule has 0 aliphatic heterocycles. The van der Waals surface area contributed by atoms with Crippen molar-refractivity contribution in [3.8, 4) is 11.3 Å². The van der Waals surface area contributed by atoms with Crippen LogP contribution in [0, 0.1) is 0 Å². The van der Waals surface area contributed by atoms with Crippen LogP contribution in [0.3, 0.4) is 0 Å². The number of hydrogen-bond acceptors (Lipinski definition) is 5. The van der Waals surface area contributed by atoms with Gasteiger partial charge in [-0.25, -0.2) is 14.8 Å². The van der Waals surface area contributed by atoms with Gasteiger partial charge in [0, 0.05) is 12.6 Å². The average Bonchev–Trinajstić information content (AvgIpc) is 2.57. The Kier molecular flexibility index (Phi) is 3.97. The van der Waals surface area contributed by atoms with Crippen molar-refractivity contribution in [3.63, 3.8) is 0 Å². The molecule has 0 amide bonds. The van der Waals surface area contributed by atoms with Gasteiger partial charge in [-0.2, -0.15) is 0 Å². The molecule has 8 heteroatoms. The van der Waals surface area contributed by atoms with Crippen molar-refractivity contribution in [1.29, 1.82) is 0 Å². The number of fused-ring (bicyclic) bond motifs is 1. The summed E-state index contributed by atoms with van der Waals surface area (Å²) in [5, 5.41) is 9.22. The van der Waals surface area contributed by atoms with Gasteiger partial charge in [0.25, 0.3) is 5.56 Å². The minimum absolute atomic E-state index is 0.000847. The largest absolute Gasteiger partial charge is 0.395 e. The smallest absolute Gasteiger partial charge is 0.332 e. The Morgan fingerprint density at radius 3 is 2.52 bits per heavy atom. The number of halogens is 1. The summed E-state index contributed by atoms with van der Waals surface area (Å²) >= 11 is 6.19. The van der Waals surface area contributed by atoms with Crippen LogP contribution >= 0.6 is 11.6 Å². The van der Waals surface area contributed by atoms with Crippen LogP contribution in [-0.4, -0.2) is 30.8 Å². The summed E-state index contributed by atoms with van der Waals surface area (Å²) in [6, 6.07) is 9.10. The van der Waals surface area contributed by atoms with Gasteiger partial charge in [-0.05, 0) is 0 Å². The Bertz CT molecular complexity index is 996. The quantitative estimate of drug-likeness (QED) is 0.766. The SMILES string of the molecule is Cn1c(=O)c2nc(-c3ccccc3)c(Cl)nc2n(CCO)c1=O. The van der Waals surface area contributed by atoms with Crippen molar-refractivity contribution in [2.24, 2.45) is 7.05 Å². The topological polar surface area (TPSA) is 90.0 Å². The minimum Gasteiger partial charge on any atom is -0.395 e. The van der Waals surface area contributed by atoms with Gasteiger partial charge in [0.1, 0.15) is 5.69 Å². The van der Waals surface area contributed by atoms with Gasteiger partial charge in [-0.15, -0.1) is 0 Å². The fourth-order valence-electron chi connectivity index (χ4n) is 2.34. The van der Waals surface area contributed by atoms with Gasteiger partial charge in [0.2, 0.25) is 0 Å². The normalized spacial score (nSPS) is 11.1. The number of hydrogen-bond donors (Lipinski definition) is 1. The molecule has 0 saturated carbocycles. The van der Waals surface area contributed by atoms with E-state index in [0.29, 0.717) is 11.3 Å². The molecule has 2 aromatic heterocycles. The van der Waals surface area contributed by atoms with E-state index in [4.69, 9.17) is 16.7 Å². The zero-order valence-corrected chi connectivity index (χ0v) is 13.0. The lowest BCUT2D eigenvalue weighted by atomic mass is 10.1. The third kappa shape index (κ3) is 2.54. The van der Waals surface area contributed by atoms with E-state index >= 15 is 0 Å². The molecule has 0 saturated heterocycles. The van der Waals surface area contributed by atoms with E-state index in [9.17, 15) is 9.59 Å². The van der Waals surface area contributed by atoms with E-state index in [1.54, 1.807) is 12.1 Å². The van der Waals surface area contributed by atoms with E-state index in [2.05, 4.69) is 9.97 Å². The van der Waals surface area contributed by atoms with Gasteiger partial charge in [0.15, 0.2) is 16.3 Å². The predicted molar refractivity (Wildman–Crippen MR) is 86.6 cm³/mol. The molecule has 1 N–H and O–H groups in total. The fourth-order valence-corrected chi connectivity index (χ4v) is 2.57. The van der Waals surface area contributed by atoms with E-state index in [0.717, 1.165) is 4.57 Å². The van der Waals surface area contributed by atoms with Crippen LogP contribution in [0.4, 0.5) is 0 Å². The molecular formula is C15H13ClN4O3. The van der Waals surface area contributed by atoms with Crippen LogP contribution in [-0.2, 0) is 13.6 Å². The third-order valence-electron chi connectivity index (χ3n) is 3.49. The molecule has 2 heterocycles. The molecule has 23 heavy (non-hydrogen) atoms. The van der Waals surface area contributed by atoms with Crippen molar-refractivity contribution in [2.75, 3.05) is 6.61 Å². The molecule has 0 radical (unpaired) electrons. The molecule has 0 atom stereocenters. The second kappa shape index (κ2) is 5.94. The molecule has 118 valence electrons. The molecule has 0 unspecified atom stereocenters. The average molecular weight is 333 g/mol. The monoisotopic (exact) mass is 332 g/mol. The summed E-state index contributed by atoms with van der Waals surface area (Å²) in [6.07, 6.45) is 0. The van der Waals surface area contributed by atoms with Crippen LogP contribution in [0.5, 0.6) is 0 Å². The Balaban J connectivity index is 2.41. The van der Waals surface area contributed by atoms with Crippen molar-refractivity contribution >= 4 is 22.8 Å². The predicted octanol–water partition coefficient (Wildman–Crippen LogP) is 0.803. The Morgan fingerprint density at radius 2 is 1.87 bits per heavy atom. The molecule has 0 aliphatic rings. The van der Waals surface area contributed by atoms with E-state index in [-0.39, 0.29) is 29.5 Å². The molecule has 3 aromatic rings. The minimum atomic E-state index is -0.575. The Morgan fingerprint density at radius 1 is 1.17 bits per heavy atom. The second-order valence-corrected chi connectivity index (χ2v) is 5.28. The molecule has 0 bridgehead atoms. The highest BCUT2D eigenvalue weighted by Crippen LogP contribution is 2.25. The van der Waals surface area contributed by atoms with Crippen LogP contribution in [0.1, 0.15) is 0 Å². The molecule has 0 spiro atoms. The zero-order chi connectivity index (χ0) is 16.6. The van der Waals surface area contributed by atoms with E-state index in [1.165, 1.54) is 11.6 Å². The first kappa shape index (κ1) is 15.4. The summed E-state index contributed by atoms with van der Waals surface area (Å²) in [6.45, 7) is -0.272. The van der Waals surface area contributed by atoms with Gasteiger partial charge in [-0.3, -0.25) is 13.9 Å². The van der Waals surface area contributed by atoms with Crippen molar-refractivity contribution < 1.29 is 5.11 Å². The third-order valence-corrected chi connectivity index (χ3v) is 3.75. The fraction of sp³-hybridized carbons (Fsp3) is 0.200. The van der Waals surface area contributed by atoms with Gasteiger partial charge in [-0.1, -0.05) is 41.9 Å². The molecule has 3 rings (SSSR count). The molecular weight excluding hydrogens is 320 g/mol. The summed E-state index contributed by atoms with van der Waals surface area (Å²) in [5.74, 6) is 0. The maximum atomic E-state index is 12.3. The zero-order valence-electron chi connectivity index (χ0n) is 12.2. The van der Waals surface area contributed by atoms with Crippen LogP contribution < -0.4 is 11.2 Å². The number of aromatic nitrogens is 4. The first-order valence-electron chi connectivity index (χ1n) is 6.88. The first-order chi connectivity index (χ1) is 11.0. The molecule has 1 aromatic carbocycles. The highest BCUT2D eigenvalue weighted by Gasteiger charge is 2.17. The maximum absolute atomic E-state index is 12.3. The van der Waals surface area contributed by atoms with E-state index < -0.39 is 11.2 Å². The summed E-state index contributed by atoms with van der Waals surface area (Å²) < 4.78 is 2.12. The lowest BCUT2D eigenvalue weighted by Crippen LogP contribution is -2.39. The summed E-state index contributed by atoms with van der Waals surface area (Å²) in [7, 11) is 1.36. The Hall–Kier alpha value is -2.51. The second-order valence-electron chi connectivity index (χ2n) is 4.92. The molecule has 7 nitrogen and oxygen atoms in total. The van der Waals surface area contributed by atoms with Crippen LogP contribution in [0.15, 0.2) is 39.9 Å². The lowest BCUT2D eigenvalue weighted by molar-refractivity contribution is 0.274. The summed E-state index contributed by atoms with van der Waals surface area (Å²) in [4.78, 5) is 33.0. The molecule has 0 aliphatic carbocycles. The highest BCUT2D eigenvalue weighted by molar-refractivity contribution is 6.32. The van der Waals surface area contributed by atoms with Gasteiger partial charge in [0.05, 0.1) is 13.2 Å². The maximum Gasteiger partial charge on any atom is 0.332 e. The highest BCUT2D eigenvalue weighted by atomic mass is 35.5. The Labute approximate surface area is 135 Å². The van der Waals surface area contributed by atoms with Crippen LogP contribution in [0.2, 0.25) is 5.15 Å². The summed E-state index contributed by atoms with van der Waals surface area (Å²) in [5.41, 5.74) is 0.0514. The van der Waals surface area contributed by atoms with Crippen molar-refractivity contribution in [2.45, 2.75) is 6.54 Å². The van der Waals surface area contributed by atoms with E-state index in [1.807, 2.05) is 18.2 Å². The number of aliphatic hydroxyl groups excluding tert-OH is 1. The van der Waals surface area contributed by atoms with Gasteiger partial charge < -0.3 is 5.11 Å². The van der Waals surface area contributed by atoms with Gasteiger partial charge >= 0.3 is 5.69 Å². The van der Waals surface area contributed by atoms with Crippen molar-refractivity contribution in [1.82, 2.24) is 19.1 Å². The standard InChI is InChI=1S/C15H13ClN4O3/c1-19-14(22)11-13(20(7-8-21)15(19)23)18-12(16)10(17-11)9-5-3-2-4-6-9/h2-6,21H,7-8H2,1H3. The lowest BCUT2D eigenvalue weighted by Gasteiger charge is -2.11. The van der Waals surface area contributed by atoms with Crippen molar-refractivity contribution in [3.05, 3.63) is 56.3 Å². The number of nitrogens with zero attached hydrogens (tertiary/aromatic N) is 4. The number of benzene rings is 1. The molecule has 0 fully saturated rings.